The molecule has 0 bridgehead atoms. The van der Waals surface area contributed by atoms with E-state index in [1.165, 1.54) is 20.3 Å². The summed E-state index contributed by atoms with van der Waals surface area (Å²) in [7, 11) is -0.725. The van der Waals surface area contributed by atoms with Crippen LogP contribution in [0.2, 0.25) is 0 Å². The smallest absolute Gasteiger partial charge is 0.262 e. The summed E-state index contributed by atoms with van der Waals surface area (Å²) in [6.07, 6.45) is 0. The number of rotatable bonds is 5. The lowest BCUT2D eigenvalue weighted by Crippen LogP contribution is -2.14. The largest absolute Gasteiger partial charge is 0.493 e. The highest BCUT2D eigenvalue weighted by Crippen LogP contribution is 2.33. The average molecular weight is 433 g/mol. The third kappa shape index (κ3) is 3.64. The van der Waals surface area contributed by atoms with E-state index in [2.05, 4.69) is 27.3 Å². The van der Waals surface area contributed by atoms with Crippen LogP contribution in [-0.2, 0) is 10.0 Å². The second-order valence-corrected chi connectivity index (χ2v) is 7.48. The summed E-state index contributed by atoms with van der Waals surface area (Å²) in [6.45, 7) is 1.71. The van der Waals surface area contributed by atoms with Gasteiger partial charge in [-0.2, -0.15) is 0 Å². The maximum Gasteiger partial charge on any atom is 0.262 e. The first-order chi connectivity index (χ1) is 10.4. The Kier molecular flexibility index (Phi) is 5.17. The molecule has 0 radical (unpaired) electrons. The molecule has 0 aromatic heterocycles. The van der Waals surface area contributed by atoms with Crippen LogP contribution < -0.4 is 14.2 Å². The van der Waals surface area contributed by atoms with Gasteiger partial charge in [0.25, 0.3) is 10.0 Å². The third-order valence-corrected chi connectivity index (χ3v) is 5.31. The fourth-order valence-corrected chi connectivity index (χ4v) is 3.64. The van der Waals surface area contributed by atoms with Gasteiger partial charge in [-0.15, -0.1) is 0 Å². The second kappa shape index (κ2) is 6.74. The molecule has 0 aliphatic heterocycles. The molecular formula is C15H16INO4S. The lowest BCUT2D eigenvalue weighted by molar-refractivity contribution is 0.353. The Morgan fingerprint density at radius 1 is 1.00 bits per heavy atom. The zero-order valence-electron chi connectivity index (χ0n) is 12.4. The summed E-state index contributed by atoms with van der Waals surface area (Å²) in [5.74, 6) is 0.865. The number of anilines is 1. The molecule has 7 heteroatoms. The minimum atomic E-state index is -3.70. The van der Waals surface area contributed by atoms with Gasteiger partial charge in [-0.25, -0.2) is 8.42 Å². The van der Waals surface area contributed by atoms with Gasteiger partial charge in [0.05, 0.1) is 19.1 Å². The molecule has 0 saturated heterocycles. The van der Waals surface area contributed by atoms with Crippen molar-refractivity contribution in [2.45, 2.75) is 11.8 Å². The van der Waals surface area contributed by atoms with E-state index >= 15 is 0 Å². The van der Waals surface area contributed by atoms with Gasteiger partial charge in [0.15, 0.2) is 11.5 Å². The standard InChI is InChI=1S/C15H16INO4S/c1-10-8-13(20-2)14(21-3)9-15(10)22(18,19)17-12-6-4-11(16)5-7-12/h4-9,17H,1-3H3. The molecule has 0 aliphatic carbocycles. The van der Waals surface area contributed by atoms with Crippen LogP contribution >= 0.6 is 22.6 Å². The first-order valence-corrected chi connectivity index (χ1v) is 8.94. The summed E-state index contributed by atoms with van der Waals surface area (Å²) in [5, 5.41) is 0. The molecule has 1 N–H and O–H groups in total. The highest BCUT2D eigenvalue weighted by molar-refractivity contribution is 14.1. The quantitative estimate of drug-likeness (QED) is 0.735. The predicted molar refractivity (Wildman–Crippen MR) is 94.3 cm³/mol. The SMILES string of the molecule is COc1cc(C)c(S(=O)(=O)Nc2ccc(I)cc2)cc1OC. The fraction of sp³-hybridized carbons (Fsp3) is 0.200. The van der Waals surface area contributed by atoms with Crippen LogP contribution in [-0.4, -0.2) is 22.6 Å². The Balaban J connectivity index is 2.42. The maximum absolute atomic E-state index is 12.6. The molecule has 0 unspecified atom stereocenters. The number of ether oxygens (including phenoxy) is 2. The lowest BCUT2D eigenvalue weighted by atomic mass is 10.2. The van der Waals surface area contributed by atoms with Crippen molar-refractivity contribution in [2.24, 2.45) is 0 Å². The number of benzene rings is 2. The van der Waals surface area contributed by atoms with E-state index in [1.807, 2.05) is 12.1 Å². The Morgan fingerprint density at radius 2 is 1.55 bits per heavy atom. The molecule has 0 amide bonds. The molecule has 118 valence electrons. The van der Waals surface area contributed by atoms with Crippen molar-refractivity contribution in [2.75, 3.05) is 18.9 Å². The predicted octanol–water partition coefficient (Wildman–Crippen LogP) is 3.42. The van der Waals surface area contributed by atoms with Crippen LogP contribution in [0.25, 0.3) is 0 Å². The first-order valence-electron chi connectivity index (χ1n) is 6.38. The number of halogens is 1. The van der Waals surface area contributed by atoms with Gasteiger partial charge in [0.2, 0.25) is 0 Å². The highest BCUT2D eigenvalue weighted by Gasteiger charge is 2.20. The van der Waals surface area contributed by atoms with E-state index in [-0.39, 0.29) is 4.90 Å². The normalized spacial score (nSPS) is 11.1. The summed E-state index contributed by atoms with van der Waals surface area (Å²) >= 11 is 2.16. The Morgan fingerprint density at radius 3 is 2.09 bits per heavy atom. The molecule has 0 saturated carbocycles. The number of hydrogen-bond acceptors (Lipinski definition) is 4. The minimum absolute atomic E-state index is 0.156. The van der Waals surface area contributed by atoms with Gasteiger partial charge in [0.1, 0.15) is 0 Å². The third-order valence-electron chi connectivity index (χ3n) is 3.07. The number of nitrogens with one attached hydrogen (secondary N) is 1. The lowest BCUT2D eigenvalue weighted by Gasteiger charge is -2.14. The number of sulfonamides is 1. The molecule has 2 rings (SSSR count). The second-order valence-electron chi connectivity index (χ2n) is 4.59. The van der Waals surface area contributed by atoms with Crippen LogP contribution in [0.15, 0.2) is 41.3 Å². The van der Waals surface area contributed by atoms with Crippen molar-refractivity contribution < 1.29 is 17.9 Å². The van der Waals surface area contributed by atoms with Crippen molar-refractivity contribution >= 4 is 38.3 Å². The van der Waals surface area contributed by atoms with Gasteiger partial charge >= 0.3 is 0 Å². The van der Waals surface area contributed by atoms with Crippen molar-refractivity contribution in [3.05, 3.63) is 45.5 Å². The average Bonchev–Trinajstić information content (AvgIpc) is 2.48. The van der Waals surface area contributed by atoms with Crippen molar-refractivity contribution in [1.29, 1.82) is 0 Å². The topological polar surface area (TPSA) is 64.6 Å². The van der Waals surface area contributed by atoms with E-state index < -0.39 is 10.0 Å². The Hall–Kier alpha value is -1.48. The van der Waals surface area contributed by atoms with E-state index in [9.17, 15) is 8.42 Å². The molecule has 0 atom stereocenters. The van der Waals surface area contributed by atoms with Crippen molar-refractivity contribution in [3.8, 4) is 11.5 Å². The van der Waals surface area contributed by atoms with Crippen LogP contribution in [0, 0.1) is 10.5 Å². The zero-order chi connectivity index (χ0) is 16.3. The number of methoxy groups -OCH3 is 2. The van der Waals surface area contributed by atoms with Crippen LogP contribution in [0.5, 0.6) is 11.5 Å². The number of aryl methyl sites for hydroxylation is 1. The van der Waals surface area contributed by atoms with E-state index in [4.69, 9.17) is 9.47 Å². The summed E-state index contributed by atoms with van der Waals surface area (Å²) in [4.78, 5) is 0.156. The molecule has 0 spiro atoms. The molecule has 0 heterocycles. The van der Waals surface area contributed by atoms with Crippen LogP contribution in [0.3, 0.4) is 0 Å². The van der Waals surface area contributed by atoms with Crippen LogP contribution in [0.4, 0.5) is 5.69 Å². The highest BCUT2D eigenvalue weighted by atomic mass is 127. The first kappa shape index (κ1) is 16.9. The summed E-state index contributed by atoms with van der Waals surface area (Å²) in [5.41, 5.74) is 1.09. The number of hydrogen-bond donors (Lipinski definition) is 1. The van der Waals surface area contributed by atoms with Gasteiger partial charge in [0, 0.05) is 15.3 Å². The molecule has 0 fully saturated rings. The van der Waals surface area contributed by atoms with Crippen molar-refractivity contribution in [3.63, 3.8) is 0 Å². The molecular weight excluding hydrogens is 417 g/mol. The van der Waals surface area contributed by atoms with Crippen LogP contribution in [0.1, 0.15) is 5.56 Å². The van der Waals surface area contributed by atoms with Crippen molar-refractivity contribution in [1.82, 2.24) is 0 Å². The molecule has 22 heavy (non-hydrogen) atoms. The molecule has 2 aromatic carbocycles. The molecule has 2 aromatic rings. The minimum Gasteiger partial charge on any atom is -0.493 e. The van der Waals surface area contributed by atoms with Gasteiger partial charge < -0.3 is 9.47 Å². The Bertz CT molecular complexity index is 773. The monoisotopic (exact) mass is 433 g/mol. The Labute approximate surface area is 143 Å². The van der Waals surface area contributed by atoms with Gasteiger partial charge in [-0.3, -0.25) is 4.72 Å². The summed E-state index contributed by atoms with van der Waals surface area (Å²) < 4.78 is 39.1. The van der Waals surface area contributed by atoms with E-state index in [1.54, 1.807) is 25.1 Å². The van der Waals surface area contributed by atoms with E-state index in [0.29, 0.717) is 22.7 Å². The maximum atomic E-state index is 12.6. The molecule has 0 aliphatic rings. The zero-order valence-corrected chi connectivity index (χ0v) is 15.4. The molecule has 5 nitrogen and oxygen atoms in total. The fourth-order valence-electron chi connectivity index (χ4n) is 1.98. The van der Waals surface area contributed by atoms with E-state index in [0.717, 1.165) is 3.57 Å². The van der Waals surface area contributed by atoms with Gasteiger partial charge in [-0.1, -0.05) is 0 Å². The van der Waals surface area contributed by atoms with Gasteiger partial charge in [-0.05, 0) is 65.4 Å². The summed E-state index contributed by atoms with van der Waals surface area (Å²) in [6, 6.07) is 10.2.